The van der Waals surface area contributed by atoms with Crippen LogP contribution in [0.3, 0.4) is 0 Å². The fraction of sp³-hybridized carbons (Fsp3) is 0.385. The van der Waals surface area contributed by atoms with Crippen LogP contribution in [0.25, 0.3) is 0 Å². The quantitative estimate of drug-likeness (QED) is 0.770. The Labute approximate surface area is 104 Å². The number of imide groups is 1. The number of β-amino-alcohol motifs (C(OH)–C–C–N with tert-alkyl or cyclic N) is 1. The number of nitrogens with zero attached hydrogens (tertiary/aromatic N) is 1. The lowest BCUT2D eigenvalue weighted by molar-refractivity contribution is 0.00112. The Morgan fingerprint density at radius 1 is 1.22 bits per heavy atom. The minimum atomic E-state index is -1.10. The van der Waals surface area contributed by atoms with Crippen LogP contribution in [0, 0.1) is 0 Å². The average Bonchev–Trinajstić information content (AvgIpc) is 2.89. The number of aliphatic hydroxyl groups is 1. The Morgan fingerprint density at radius 2 is 1.83 bits per heavy atom. The zero-order valence-electron chi connectivity index (χ0n) is 9.76. The van der Waals surface area contributed by atoms with E-state index in [0.717, 1.165) is 4.90 Å². The summed E-state index contributed by atoms with van der Waals surface area (Å²) in [6.45, 7) is 0.624. The molecule has 5 heteroatoms. The molecular weight excluding hydrogens is 234 g/mol. The van der Waals surface area contributed by atoms with E-state index in [4.69, 9.17) is 4.74 Å². The molecule has 0 saturated carbocycles. The molecule has 1 N–H and O–H groups in total. The molecular formula is C13H13NO4. The van der Waals surface area contributed by atoms with E-state index in [-0.39, 0.29) is 25.0 Å². The number of hydrogen-bond acceptors (Lipinski definition) is 4. The number of amides is 2. The second-order valence-electron chi connectivity index (χ2n) is 4.77. The van der Waals surface area contributed by atoms with Crippen molar-refractivity contribution in [2.75, 3.05) is 19.8 Å². The maximum Gasteiger partial charge on any atom is 0.261 e. The van der Waals surface area contributed by atoms with Crippen LogP contribution < -0.4 is 0 Å². The van der Waals surface area contributed by atoms with E-state index < -0.39 is 5.60 Å². The van der Waals surface area contributed by atoms with Crippen LogP contribution in [0.4, 0.5) is 0 Å². The van der Waals surface area contributed by atoms with E-state index in [1.807, 2.05) is 0 Å². The first kappa shape index (κ1) is 11.4. The number of rotatable bonds is 2. The van der Waals surface area contributed by atoms with Crippen LogP contribution in [-0.2, 0) is 4.74 Å². The van der Waals surface area contributed by atoms with E-state index in [9.17, 15) is 14.7 Å². The van der Waals surface area contributed by atoms with Gasteiger partial charge in [-0.15, -0.1) is 0 Å². The van der Waals surface area contributed by atoms with Gasteiger partial charge in [0.15, 0.2) is 0 Å². The lowest BCUT2D eigenvalue weighted by Crippen LogP contribution is -2.46. The first-order chi connectivity index (χ1) is 8.61. The summed E-state index contributed by atoms with van der Waals surface area (Å²) < 4.78 is 5.12. The summed E-state index contributed by atoms with van der Waals surface area (Å²) in [5.41, 5.74) is -0.289. The van der Waals surface area contributed by atoms with E-state index in [2.05, 4.69) is 0 Å². The monoisotopic (exact) mass is 247 g/mol. The summed E-state index contributed by atoms with van der Waals surface area (Å²) in [7, 11) is 0. The zero-order valence-corrected chi connectivity index (χ0v) is 9.76. The highest BCUT2D eigenvalue weighted by atomic mass is 16.5. The molecule has 1 aromatic rings. The maximum atomic E-state index is 12.1. The fourth-order valence-electron chi connectivity index (χ4n) is 2.40. The third-order valence-electron chi connectivity index (χ3n) is 3.41. The van der Waals surface area contributed by atoms with Crippen molar-refractivity contribution in [1.82, 2.24) is 4.90 Å². The summed E-state index contributed by atoms with van der Waals surface area (Å²) in [6.07, 6.45) is 0.445. The van der Waals surface area contributed by atoms with Crippen LogP contribution in [0.1, 0.15) is 27.1 Å². The molecule has 0 aliphatic carbocycles. The summed E-state index contributed by atoms with van der Waals surface area (Å²) in [4.78, 5) is 25.3. The minimum Gasteiger partial charge on any atom is -0.386 e. The van der Waals surface area contributed by atoms with E-state index in [1.165, 1.54) is 0 Å². The molecule has 1 unspecified atom stereocenters. The number of carbonyl (C=O) groups is 2. The Hall–Kier alpha value is -1.72. The van der Waals surface area contributed by atoms with Gasteiger partial charge >= 0.3 is 0 Å². The molecule has 2 heterocycles. The van der Waals surface area contributed by atoms with Crippen LogP contribution >= 0.6 is 0 Å². The highest BCUT2D eigenvalue weighted by molar-refractivity contribution is 6.21. The number of ether oxygens (including phenoxy) is 1. The van der Waals surface area contributed by atoms with Crippen molar-refractivity contribution >= 4 is 11.8 Å². The summed E-state index contributed by atoms with van der Waals surface area (Å²) in [5, 5.41) is 10.2. The molecule has 1 fully saturated rings. The second-order valence-corrected chi connectivity index (χ2v) is 4.77. The molecule has 3 rings (SSSR count). The molecule has 2 amide bonds. The first-order valence-electron chi connectivity index (χ1n) is 5.86. The van der Waals surface area contributed by atoms with Gasteiger partial charge < -0.3 is 9.84 Å². The van der Waals surface area contributed by atoms with Gasteiger partial charge in [0.1, 0.15) is 5.60 Å². The van der Waals surface area contributed by atoms with E-state index >= 15 is 0 Å². The Morgan fingerprint density at radius 3 is 2.33 bits per heavy atom. The van der Waals surface area contributed by atoms with Crippen LogP contribution in [0.5, 0.6) is 0 Å². The van der Waals surface area contributed by atoms with Crippen molar-refractivity contribution in [2.24, 2.45) is 0 Å². The Balaban J connectivity index is 1.88. The highest BCUT2D eigenvalue weighted by Crippen LogP contribution is 2.27. The molecule has 1 saturated heterocycles. The van der Waals surface area contributed by atoms with Crippen LogP contribution in [-0.4, -0.2) is 47.2 Å². The number of benzene rings is 1. The average molecular weight is 247 g/mol. The van der Waals surface area contributed by atoms with Gasteiger partial charge in [-0.2, -0.15) is 0 Å². The molecule has 0 spiro atoms. The molecule has 1 atom stereocenters. The first-order valence-corrected chi connectivity index (χ1v) is 5.86. The van der Waals surface area contributed by atoms with Crippen molar-refractivity contribution in [3.8, 4) is 0 Å². The third-order valence-corrected chi connectivity index (χ3v) is 3.41. The van der Waals surface area contributed by atoms with Gasteiger partial charge in [-0.1, -0.05) is 12.1 Å². The predicted octanol–water partition coefficient (Wildman–Crippen LogP) is 0.434. The molecule has 0 radical (unpaired) electrons. The van der Waals surface area contributed by atoms with Gasteiger partial charge in [-0.25, -0.2) is 0 Å². The predicted molar refractivity (Wildman–Crippen MR) is 62.2 cm³/mol. The molecule has 2 aliphatic rings. The second kappa shape index (κ2) is 3.90. The van der Waals surface area contributed by atoms with Gasteiger partial charge in [0.2, 0.25) is 0 Å². The molecule has 0 aromatic heterocycles. The molecule has 1 aromatic carbocycles. The van der Waals surface area contributed by atoms with Gasteiger partial charge in [0.25, 0.3) is 11.8 Å². The minimum absolute atomic E-state index is 0.000648. The van der Waals surface area contributed by atoms with Crippen molar-refractivity contribution in [3.63, 3.8) is 0 Å². The van der Waals surface area contributed by atoms with Crippen molar-refractivity contribution < 1.29 is 19.4 Å². The topological polar surface area (TPSA) is 66.8 Å². The van der Waals surface area contributed by atoms with Crippen molar-refractivity contribution in [3.05, 3.63) is 35.4 Å². The van der Waals surface area contributed by atoms with E-state index in [1.54, 1.807) is 24.3 Å². The number of fused-ring (bicyclic) bond motifs is 1. The Bertz CT molecular complexity index is 484. The lowest BCUT2D eigenvalue weighted by atomic mass is 10.0. The fourth-order valence-corrected chi connectivity index (χ4v) is 2.40. The van der Waals surface area contributed by atoms with Crippen LogP contribution in [0.2, 0.25) is 0 Å². The van der Waals surface area contributed by atoms with Gasteiger partial charge in [0.05, 0.1) is 24.3 Å². The lowest BCUT2D eigenvalue weighted by Gasteiger charge is -2.25. The van der Waals surface area contributed by atoms with E-state index in [0.29, 0.717) is 24.2 Å². The molecule has 2 aliphatic heterocycles. The SMILES string of the molecule is O=C1c2ccccc2C(=O)N1CC1(O)CCOC1. The largest absolute Gasteiger partial charge is 0.386 e. The standard InChI is InChI=1S/C13H13NO4/c15-11-9-3-1-2-4-10(9)12(16)14(11)7-13(17)5-6-18-8-13/h1-4,17H,5-8H2. The summed E-state index contributed by atoms with van der Waals surface area (Å²) in [6, 6.07) is 6.71. The maximum absolute atomic E-state index is 12.1. The summed E-state index contributed by atoms with van der Waals surface area (Å²) in [5.74, 6) is -0.674. The van der Waals surface area contributed by atoms with Crippen LogP contribution in [0.15, 0.2) is 24.3 Å². The van der Waals surface area contributed by atoms with Crippen molar-refractivity contribution in [1.29, 1.82) is 0 Å². The molecule has 18 heavy (non-hydrogen) atoms. The zero-order chi connectivity index (χ0) is 12.8. The molecule has 5 nitrogen and oxygen atoms in total. The highest BCUT2D eigenvalue weighted by Gasteiger charge is 2.42. The van der Waals surface area contributed by atoms with Crippen molar-refractivity contribution in [2.45, 2.75) is 12.0 Å². The van der Waals surface area contributed by atoms with Gasteiger partial charge in [-0.05, 0) is 12.1 Å². The third kappa shape index (κ3) is 1.63. The normalized spacial score (nSPS) is 26.8. The van der Waals surface area contributed by atoms with Gasteiger partial charge in [0, 0.05) is 13.0 Å². The van der Waals surface area contributed by atoms with Gasteiger partial charge in [-0.3, -0.25) is 14.5 Å². The number of carbonyl (C=O) groups excluding carboxylic acids is 2. The Kier molecular flexibility index (Phi) is 2.46. The number of hydrogen-bond donors (Lipinski definition) is 1. The smallest absolute Gasteiger partial charge is 0.261 e. The molecule has 0 bridgehead atoms. The summed E-state index contributed by atoms with van der Waals surface area (Å²) >= 11 is 0. The molecule has 94 valence electrons.